The van der Waals surface area contributed by atoms with Crippen LogP contribution in [0.3, 0.4) is 0 Å². The number of halogens is 2. The summed E-state index contributed by atoms with van der Waals surface area (Å²) < 4.78 is 27.0. The van der Waals surface area contributed by atoms with E-state index in [0.717, 1.165) is 5.56 Å². The van der Waals surface area contributed by atoms with E-state index in [1.54, 1.807) is 6.07 Å². The molecule has 2 aromatic rings. The molecule has 2 atom stereocenters. The Hall–Kier alpha value is -1.74. The molecule has 1 N–H and O–H groups in total. The van der Waals surface area contributed by atoms with Gasteiger partial charge in [-0.1, -0.05) is 30.3 Å². The van der Waals surface area contributed by atoms with Crippen molar-refractivity contribution in [1.29, 1.82) is 0 Å². The van der Waals surface area contributed by atoms with Gasteiger partial charge in [0.25, 0.3) is 0 Å². The Kier molecular flexibility index (Phi) is 4.02. The lowest BCUT2D eigenvalue weighted by atomic mass is 9.99. The molecule has 2 aromatic carbocycles. The van der Waals surface area contributed by atoms with Gasteiger partial charge in [-0.15, -0.1) is 0 Å². The molecule has 2 unspecified atom stereocenters. The average molecular weight is 287 g/mol. The van der Waals surface area contributed by atoms with Gasteiger partial charge in [-0.25, -0.2) is 8.78 Å². The monoisotopic (exact) mass is 287 g/mol. The maximum absolute atomic E-state index is 13.9. The van der Waals surface area contributed by atoms with Crippen molar-refractivity contribution in [2.24, 2.45) is 5.92 Å². The van der Waals surface area contributed by atoms with E-state index in [-0.39, 0.29) is 23.7 Å². The van der Waals surface area contributed by atoms with Crippen molar-refractivity contribution in [2.75, 3.05) is 0 Å². The molecule has 0 radical (unpaired) electrons. The van der Waals surface area contributed by atoms with Crippen LogP contribution in [0.4, 0.5) is 8.78 Å². The minimum atomic E-state index is -0.226. The Balaban J connectivity index is 1.79. The zero-order chi connectivity index (χ0) is 14.8. The van der Waals surface area contributed by atoms with Crippen molar-refractivity contribution in [3.05, 3.63) is 71.3 Å². The molecule has 0 spiro atoms. The zero-order valence-corrected chi connectivity index (χ0v) is 12.0. The van der Waals surface area contributed by atoms with Crippen LogP contribution in [0.25, 0.3) is 0 Å². The summed E-state index contributed by atoms with van der Waals surface area (Å²) in [4.78, 5) is 0. The first-order valence-electron chi connectivity index (χ1n) is 7.41. The number of rotatable bonds is 5. The minimum absolute atomic E-state index is 0.0816. The van der Waals surface area contributed by atoms with Crippen LogP contribution < -0.4 is 5.32 Å². The van der Waals surface area contributed by atoms with Crippen molar-refractivity contribution < 1.29 is 8.78 Å². The van der Waals surface area contributed by atoms with Crippen LogP contribution in [0.15, 0.2) is 48.5 Å². The molecule has 0 bridgehead atoms. The maximum atomic E-state index is 13.9. The van der Waals surface area contributed by atoms with Crippen LogP contribution in [-0.2, 0) is 0 Å². The van der Waals surface area contributed by atoms with E-state index in [0.29, 0.717) is 11.5 Å². The highest BCUT2D eigenvalue weighted by Gasteiger charge is 2.33. The van der Waals surface area contributed by atoms with Crippen LogP contribution >= 0.6 is 0 Å². The summed E-state index contributed by atoms with van der Waals surface area (Å²) in [6, 6.07) is 13.5. The fraction of sp³-hybridized carbons (Fsp3) is 0.333. The molecule has 1 nitrogen and oxygen atoms in total. The molecule has 0 saturated heterocycles. The van der Waals surface area contributed by atoms with Gasteiger partial charge < -0.3 is 5.32 Å². The van der Waals surface area contributed by atoms with Crippen molar-refractivity contribution in [3.63, 3.8) is 0 Å². The third-order valence-electron chi connectivity index (χ3n) is 4.12. The van der Waals surface area contributed by atoms with Gasteiger partial charge in [-0.3, -0.25) is 0 Å². The Morgan fingerprint density at radius 2 is 1.67 bits per heavy atom. The van der Waals surface area contributed by atoms with E-state index < -0.39 is 0 Å². The molecule has 3 rings (SSSR count). The first kappa shape index (κ1) is 14.2. The standard InChI is InChI=1S/C18H19F2N/c1-12(16-4-2-3-5-17(16)20)21-18(13-6-7-13)14-8-10-15(19)11-9-14/h2-5,8-13,18,21H,6-7H2,1H3. The van der Waals surface area contributed by atoms with E-state index in [4.69, 9.17) is 0 Å². The molecular weight excluding hydrogens is 268 g/mol. The first-order chi connectivity index (χ1) is 10.1. The predicted octanol–water partition coefficient (Wildman–Crippen LogP) is 4.77. The van der Waals surface area contributed by atoms with Gasteiger partial charge in [0, 0.05) is 17.6 Å². The normalized spacial score (nSPS) is 17.5. The second kappa shape index (κ2) is 5.94. The summed E-state index contributed by atoms with van der Waals surface area (Å²) in [6.45, 7) is 1.97. The highest BCUT2D eigenvalue weighted by molar-refractivity contribution is 5.25. The van der Waals surface area contributed by atoms with Gasteiger partial charge >= 0.3 is 0 Å². The van der Waals surface area contributed by atoms with Gasteiger partial charge in [0.2, 0.25) is 0 Å². The van der Waals surface area contributed by atoms with Crippen molar-refractivity contribution in [3.8, 4) is 0 Å². The number of nitrogens with one attached hydrogen (secondary N) is 1. The Labute approximate surface area is 124 Å². The highest BCUT2D eigenvalue weighted by atomic mass is 19.1. The first-order valence-corrected chi connectivity index (χ1v) is 7.41. The van der Waals surface area contributed by atoms with Gasteiger partial charge in [-0.2, -0.15) is 0 Å². The molecule has 0 aliphatic heterocycles. The summed E-state index contributed by atoms with van der Waals surface area (Å²) in [5.74, 6) is 0.145. The van der Waals surface area contributed by atoms with Crippen molar-refractivity contribution >= 4 is 0 Å². The average Bonchev–Trinajstić information content (AvgIpc) is 3.31. The number of benzene rings is 2. The van der Waals surface area contributed by atoms with E-state index in [1.165, 1.54) is 31.0 Å². The molecule has 1 saturated carbocycles. The van der Waals surface area contributed by atoms with Crippen molar-refractivity contribution in [1.82, 2.24) is 5.32 Å². The zero-order valence-electron chi connectivity index (χ0n) is 12.0. The van der Waals surface area contributed by atoms with Gasteiger partial charge in [0.1, 0.15) is 11.6 Å². The maximum Gasteiger partial charge on any atom is 0.127 e. The molecule has 1 aliphatic carbocycles. The smallest absolute Gasteiger partial charge is 0.127 e. The Morgan fingerprint density at radius 3 is 2.29 bits per heavy atom. The van der Waals surface area contributed by atoms with Crippen LogP contribution in [0.1, 0.15) is 43.0 Å². The fourth-order valence-electron chi connectivity index (χ4n) is 2.79. The molecule has 3 heteroatoms. The van der Waals surface area contributed by atoms with Crippen LogP contribution in [0.5, 0.6) is 0 Å². The second-order valence-corrected chi connectivity index (χ2v) is 5.78. The van der Waals surface area contributed by atoms with Gasteiger partial charge in [-0.05, 0) is 49.4 Å². The lowest BCUT2D eigenvalue weighted by Gasteiger charge is -2.24. The number of hydrogen-bond acceptors (Lipinski definition) is 1. The number of hydrogen-bond donors (Lipinski definition) is 1. The predicted molar refractivity (Wildman–Crippen MR) is 79.8 cm³/mol. The molecule has 0 aromatic heterocycles. The Morgan fingerprint density at radius 1 is 1.00 bits per heavy atom. The Bertz CT molecular complexity index is 605. The van der Waals surface area contributed by atoms with Crippen LogP contribution in [0, 0.1) is 17.6 Å². The lowest BCUT2D eigenvalue weighted by Crippen LogP contribution is -2.26. The van der Waals surface area contributed by atoms with E-state index in [2.05, 4.69) is 5.32 Å². The fourth-order valence-corrected chi connectivity index (χ4v) is 2.79. The SMILES string of the molecule is CC(NC(c1ccc(F)cc1)C1CC1)c1ccccc1F. The third kappa shape index (κ3) is 3.30. The molecule has 0 heterocycles. The summed E-state index contributed by atoms with van der Waals surface area (Å²) in [5.41, 5.74) is 1.74. The summed E-state index contributed by atoms with van der Waals surface area (Å²) in [7, 11) is 0. The molecule has 1 fully saturated rings. The van der Waals surface area contributed by atoms with E-state index in [1.807, 2.05) is 31.2 Å². The largest absolute Gasteiger partial charge is 0.303 e. The summed E-state index contributed by atoms with van der Waals surface area (Å²) >= 11 is 0. The van der Waals surface area contributed by atoms with Gasteiger partial charge in [0.15, 0.2) is 0 Å². The molecule has 21 heavy (non-hydrogen) atoms. The van der Waals surface area contributed by atoms with Gasteiger partial charge in [0.05, 0.1) is 0 Å². The van der Waals surface area contributed by atoms with E-state index >= 15 is 0 Å². The molecule has 0 amide bonds. The highest BCUT2D eigenvalue weighted by Crippen LogP contribution is 2.42. The second-order valence-electron chi connectivity index (χ2n) is 5.78. The van der Waals surface area contributed by atoms with Crippen molar-refractivity contribution in [2.45, 2.75) is 31.8 Å². The van der Waals surface area contributed by atoms with Crippen LogP contribution in [0.2, 0.25) is 0 Å². The quantitative estimate of drug-likeness (QED) is 0.835. The lowest BCUT2D eigenvalue weighted by molar-refractivity contribution is 0.417. The topological polar surface area (TPSA) is 12.0 Å². The summed E-state index contributed by atoms with van der Waals surface area (Å²) in [5, 5.41) is 3.51. The molecule has 110 valence electrons. The minimum Gasteiger partial charge on any atom is -0.303 e. The van der Waals surface area contributed by atoms with E-state index in [9.17, 15) is 8.78 Å². The molecular formula is C18H19F2N. The van der Waals surface area contributed by atoms with Crippen LogP contribution in [-0.4, -0.2) is 0 Å². The summed E-state index contributed by atoms with van der Waals surface area (Å²) in [6.07, 6.45) is 2.33. The molecule has 1 aliphatic rings. The third-order valence-corrected chi connectivity index (χ3v) is 4.12.